The molecule has 0 aromatic heterocycles. The van der Waals surface area contributed by atoms with Crippen LogP contribution in [0.5, 0.6) is 0 Å². The highest BCUT2D eigenvalue weighted by atomic mass is 15.1. The van der Waals surface area contributed by atoms with Crippen LogP contribution in [-0.4, -0.2) is 13.6 Å². The Morgan fingerprint density at radius 2 is 2.11 bits per heavy atom. The number of nitrogen functional groups attached to an aromatic ring is 1. The molecule has 1 aromatic rings. The zero-order valence-electron chi connectivity index (χ0n) is 11.0. The highest BCUT2D eigenvalue weighted by Gasteiger charge is 2.17. The van der Waals surface area contributed by atoms with Gasteiger partial charge in [-0.3, -0.25) is 0 Å². The molecule has 1 fully saturated rings. The molecule has 0 radical (unpaired) electrons. The zero-order chi connectivity index (χ0) is 13.0. The number of nitrogens with two attached hydrogens (primary N) is 1. The van der Waals surface area contributed by atoms with Gasteiger partial charge in [0, 0.05) is 25.0 Å². The number of anilines is 2. The predicted molar refractivity (Wildman–Crippen MR) is 75.4 cm³/mol. The number of hydrogen-bond donors (Lipinski definition) is 1. The van der Waals surface area contributed by atoms with Gasteiger partial charge in [0.2, 0.25) is 0 Å². The molecule has 96 valence electrons. The Balaban J connectivity index is 2.07. The van der Waals surface area contributed by atoms with Gasteiger partial charge < -0.3 is 10.6 Å². The first-order valence-electron chi connectivity index (χ1n) is 6.67. The Morgan fingerprint density at radius 3 is 2.78 bits per heavy atom. The minimum atomic E-state index is 0.386. The van der Waals surface area contributed by atoms with Crippen molar-refractivity contribution in [3.05, 3.63) is 23.8 Å². The van der Waals surface area contributed by atoms with E-state index in [9.17, 15) is 0 Å². The van der Waals surface area contributed by atoms with E-state index in [1.807, 2.05) is 18.2 Å². The first-order chi connectivity index (χ1) is 8.70. The lowest BCUT2D eigenvalue weighted by molar-refractivity contribution is 0.547. The van der Waals surface area contributed by atoms with Crippen LogP contribution in [0.15, 0.2) is 18.2 Å². The molecule has 2 rings (SSSR count). The van der Waals surface area contributed by atoms with Crippen molar-refractivity contribution in [2.75, 3.05) is 24.2 Å². The van der Waals surface area contributed by atoms with Gasteiger partial charge in [0.1, 0.15) is 0 Å². The van der Waals surface area contributed by atoms with Crippen molar-refractivity contribution in [3.63, 3.8) is 0 Å². The summed E-state index contributed by atoms with van der Waals surface area (Å²) in [4.78, 5) is 2.29. The largest absolute Gasteiger partial charge is 0.398 e. The molecule has 0 unspecified atom stereocenters. The molecule has 1 aliphatic carbocycles. The van der Waals surface area contributed by atoms with Crippen LogP contribution in [-0.2, 0) is 6.42 Å². The molecule has 3 nitrogen and oxygen atoms in total. The van der Waals surface area contributed by atoms with Gasteiger partial charge in [-0.2, -0.15) is 5.26 Å². The normalized spacial score (nSPS) is 15.6. The van der Waals surface area contributed by atoms with Crippen molar-refractivity contribution < 1.29 is 0 Å². The van der Waals surface area contributed by atoms with Crippen molar-refractivity contribution in [3.8, 4) is 6.07 Å². The Bertz CT molecular complexity index is 442. The van der Waals surface area contributed by atoms with Gasteiger partial charge in [-0.15, -0.1) is 0 Å². The van der Waals surface area contributed by atoms with E-state index < -0.39 is 0 Å². The van der Waals surface area contributed by atoms with Crippen LogP contribution in [0.3, 0.4) is 0 Å². The topological polar surface area (TPSA) is 53.0 Å². The summed E-state index contributed by atoms with van der Waals surface area (Å²) in [6.45, 7) is 1.11. The molecule has 0 saturated heterocycles. The minimum absolute atomic E-state index is 0.386. The fourth-order valence-corrected chi connectivity index (χ4v) is 2.75. The van der Waals surface area contributed by atoms with Gasteiger partial charge in [0.25, 0.3) is 0 Å². The molecule has 0 atom stereocenters. The summed E-state index contributed by atoms with van der Waals surface area (Å²) in [6.07, 6.45) is 5.84. The van der Waals surface area contributed by atoms with E-state index in [1.54, 1.807) is 0 Å². The van der Waals surface area contributed by atoms with Crippen molar-refractivity contribution in [2.45, 2.75) is 32.1 Å². The van der Waals surface area contributed by atoms with Crippen molar-refractivity contribution in [1.82, 2.24) is 0 Å². The third-order valence-electron chi connectivity index (χ3n) is 3.84. The molecule has 1 saturated carbocycles. The summed E-state index contributed by atoms with van der Waals surface area (Å²) in [5.41, 5.74) is 8.69. The van der Waals surface area contributed by atoms with Crippen LogP contribution >= 0.6 is 0 Å². The van der Waals surface area contributed by atoms with E-state index in [1.165, 1.54) is 31.4 Å². The quantitative estimate of drug-likeness (QED) is 0.827. The molecule has 0 heterocycles. The van der Waals surface area contributed by atoms with E-state index in [0.29, 0.717) is 6.42 Å². The van der Waals surface area contributed by atoms with E-state index in [0.717, 1.165) is 23.7 Å². The molecule has 0 aliphatic heterocycles. The summed E-state index contributed by atoms with van der Waals surface area (Å²) >= 11 is 0. The molecule has 0 bridgehead atoms. The number of rotatable bonds is 4. The summed E-state index contributed by atoms with van der Waals surface area (Å²) in [5, 5.41) is 8.78. The highest BCUT2D eigenvalue weighted by molar-refractivity contribution is 5.59. The van der Waals surface area contributed by atoms with E-state index in [2.05, 4.69) is 18.0 Å². The van der Waals surface area contributed by atoms with Crippen LogP contribution < -0.4 is 10.6 Å². The molecular formula is C15H21N3. The third kappa shape index (κ3) is 2.95. The van der Waals surface area contributed by atoms with E-state index in [-0.39, 0.29) is 0 Å². The molecule has 0 spiro atoms. The molecule has 3 heteroatoms. The van der Waals surface area contributed by atoms with Gasteiger partial charge in [-0.05, 0) is 42.5 Å². The summed E-state index contributed by atoms with van der Waals surface area (Å²) in [5.74, 6) is 0.826. The van der Waals surface area contributed by atoms with Crippen LogP contribution in [0, 0.1) is 17.2 Å². The first-order valence-corrected chi connectivity index (χ1v) is 6.67. The maximum absolute atomic E-state index is 8.78. The summed E-state index contributed by atoms with van der Waals surface area (Å²) in [6, 6.07) is 8.17. The molecular weight excluding hydrogens is 222 g/mol. The van der Waals surface area contributed by atoms with Crippen molar-refractivity contribution in [2.24, 2.45) is 5.92 Å². The Kier molecular flexibility index (Phi) is 4.09. The molecule has 1 aromatic carbocycles. The number of nitrogens with zero attached hydrogens (tertiary/aromatic N) is 2. The van der Waals surface area contributed by atoms with Gasteiger partial charge >= 0.3 is 0 Å². The lowest BCUT2D eigenvalue weighted by Gasteiger charge is -2.23. The Labute approximate surface area is 109 Å². The average molecular weight is 243 g/mol. The lowest BCUT2D eigenvalue weighted by Crippen LogP contribution is -2.24. The van der Waals surface area contributed by atoms with Crippen molar-refractivity contribution in [1.29, 1.82) is 5.26 Å². The smallest absolute Gasteiger partial charge is 0.0670 e. The van der Waals surface area contributed by atoms with Crippen LogP contribution in [0.1, 0.15) is 31.2 Å². The van der Waals surface area contributed by atoms with Gasteiger partial charge in [0.05, 0.1) is 12.5 Å². The number of benzene rings is 1. The fourth-order valence-electron chi connectivity index (χ4n) is 2.75. The Hall–Kier alpha value is -1.69. The SMILES string of the molecule is CN(CC1CCCC1)c1ccc(N)c(CC#N)c1. The number of hydrogen-bond acceptors (Lipinski definition) is 3. The summed E-state index contributed by atoms with van der Waals surface area (Å²) < 4.78 is 0. The molecule has 1 aliphatic rings. The second-order valence-electron chi connectivity index (χ2n) is 5.25. The maximum atomic E-state index is 8.78. The third-order valence-corrected chi connectivity index (χ3v) is 3.84. The fraction of sp³-hybridized carbons (Fsp3) is 0.533. The average Bonchev–Trinajstić information content (AvgIpc) is 2.85. The van der Waals surface area contributed by atoms with Gasteiger partial charge in [0.15, 0.2) is 0 Å². The maximum Gasteiger partial charge on any atom is 0.0670 e. The molecule has 18 heavy (non-hydrogen) atoms. The van der Waals surface area contributed by atoms with Gasteiger partial charge in [-0.25, -0.2) is 0 Å². The summed E-state index contributed by atoms with van der Waals surface area (Å²) in [7, 11) is 2.12. The zero-order valence-corrected chi connectivity index (χ0v) is 11.0. The van der Waals surface area contributed by atoms with Crippen LogP contribution in [0.4, 0.5) is 11.4 Å². The Morgan fingerprint density at radius 1 is 1.39 bits per heavy atom. The minimum Gasteiger partial charge on any atom is -0.398 e. The van der Waals surface area contributed by atoms with Crippen LogP contribution in [0.25, 0.3) is 0 Å². The van der Waals surface area contributed by atoms with E-state index in [4.69, 9.17) is 11.0 Å². The van der Waals surface area contributed by atoms with Crippen LogP contribution in [0.2, 0.25) is 0 Å². The molecule has 2 N–H and O–H groups in total. The number of nitriles is 1. The van der Waals surface area contributed by atoms with E-state index >= 15 is 0 Å². The monoisotopic (exact) mass is 243 g/mol. The second-order valence-corrected chi connectivity index (χ2v) is 5.25. The predicted octanol–water partition coefficient (Wildman–Crippen LogP) is 2.96. The standard InChI is InChI=1S/C15H21N3/c1-18(11-12-4-2-3-5-12)14-6-7-15(17)13(10-14)8-9-16/h6-7,10,12H,2-5,8,11,17H2,1H3. The highest BCUT2D eigenvalue weighted by Crippen LogP contribution is 2.28. The second kappa shape index (κ2) is 5.77. The molecule has 0 amide bonds. The van der Waals surface area contributed by atoms with Crippen molar-refractivity contribution >= 4 is 11.4 Å². The van der Waals surface area contributed by atoms with Gasteiger partial charge in [-0.1, -0.05) is 12.8 Å². The lowest BCUT2D eigenvalue weighted by atomic mass is 10.1. The first kappa shape index (κ1) is 12.8.